The molecule has 0 saturated carbocycles. The van der Waals surface area contributed by atoms with Crippen LogP contribution < -0.4 is 5.73 Å². The summed E-state index contributed by atoms with van der Waals surface area (Å²) in [6.07, 6.45) is 0. The van der Waals surface area contributed by atoms with Gasteiger partial charge in [-0.25, -0.2) is 9.78 Å². The molecule has 3 N–H and O–H groups in total. The summed E-state index contributed by atoms with van der Waals surface area (Å²) in [6.45, 7) is 0. The Morgan fingerprint density at radius 1 is 1.58 bits per heavy atom. The molecule has 0 aliphatic carbocycles. The van der Waals surface area contributed by atoms with E-state index < -0.39 is 11.8 Å². The second-order valence-corrected chi connectivity index (χ2v) is 2.59. The molecule has 0 aliphatic heterocycles. The summed E-state index contributed by atoms with van der Waals surface area (Å²) in [5, 5.41) is 9.72. The minimum atomic E-state index is -1.52. The molecule has 0 amide bonds. The van der Waals surface area contributed by atoms with E-state index in [4.69, 9.17) is 10.8 Å². The third kappa shape index (κ3) is 2.18. The second-order valence-electron chi connectivity index (χ2n) is 1.71. The molecule has 0 aromatic carbocycles. The van der Waals surface area contributed by atoms with Crippen LogP contribution in [0.1, 0.15) is 10.5 Å². The van der Waals surface area contributed by atoms with Crippen molar-refractivity contribution in [2.45, 2.75) is 0 Å². The number of hydrogen-bond acceptors (Lipinski definition) is 5. The van der Waals surface area contributed by atoms with Gasteiger partial charge in [0.2, 0.25) is 0 Å². The van der Waals surface area contributed by atoms with Gasteiger partial charge in [-0.1, -0.05) is 0 Å². The maximum Gasteiger partial charge on any atom is 0.378 e. The lowest BCUT2D eigenvalue weighted by Crippen LogP contribution is -2.12. The van der Waals surface area contributed by atoms with Crippen LogP contribution in [-0.2, 0) is 4.79 Å². The first-order chi connectivity index (χ1) is 5.11. The summed E-state index contributed by atoms with van der Waals surface area (Å²) >= 11 is 1.03. The van der Waals surface area contributed by atoms with Crippen molar-refractivity contribution in [2.24, 2.45) is 0 Å². The van der Waals surface area contributed by atoms with Crippen LogP contribution in [0.3, 0.4) is 0 Å². The molecule has 7 heteroatoms. The molecule has 1 aromatic heterocycles. The van der Waals surface area contributed by atoms with Crippen molar-refractivity contribution in [1.29, 1.82) is 0 Å². The molecule has 66 valence electrons. The molecule has 5 nitrogen and oxygen atoms in total. The van der Waals surface area contributed by atoms with E-state index >= 15 is 0 Å². The highest BCUT2D eigenvalue weighted by Gasteiger charge is 2.16. The van der Waals surface area contributed by atoms with Crippen molar-refractivity contribution in [3.05, 3.63) is 11.1 Å². The van der Waals surface area contributed by atoms with E-state index in [0.717, 1.165) is 11.3 Å². The molecule has 0 unspecified atom stereocenters. The van der Waals surface area contributed by atoms with Crippen LogP contribution >= 0.6 is 23.7 Å². The van der Waals surface area contributed by atoms with Gasteiger partial charge in [0.1, 0.15) is 5.69 Å². The highest BCUT2D eigenvalue weighted by atomic mass is 35.5. The van der Waals surface area contributed by atoms with Gasteiger partial charge in [-0.15, -0.1) is 23.7 Å². The molecular formula is C5H5ClN2O3S. The van der Waals surface area contributed by atoms with Gasteiger partial charge >= 0.3 is 5.97 Å². The van der Waals surface area contributed by atoms with Gasteiger partial charge in [0.25, 0.3) is 5.78 Å². The lowest BCUT2D eigenvalue weighted by atomic mass is 10.3. The Labute approximate surface area is 77.6 Å². The van der Waals surface area contributed by atoms with Crippen molar-refractivity contribution >= 4 is 40.6 Å². The highest BCUT2D eigenvalue weighted by Crippen LogP contribution is 2.11. The fourth-order valence-electron chi connectivity index (χ4n) is 0.501. The lowest BCUT2D eigenvalue weighted by molar-refractivity contribution is -0.131. The average molecular weight is 209 g/mol. The summed E-state index contributed by atoms with van der Waals surface area (Å²) in [5.74, 6) is -2.55. The molecule has 0 fully saturated rings. The molecule has 0 aliphatic rings. The lowest BCUT2D eigenvalue weighted by Gasteiger charge is -1.84. The van der Waals surface area contributed by atoms with Crippen LogP contribution in [0, 0.1) is 0 Å². The largest absolute Gasteiger partial charge is 0.475 e. The SMILES string of the molecule is Cl.Nc1nc(C(=O)C(=O)O)cs1. The summed E-state index contributed by atoms with van der Waals surface area (Å²) in [5.41, 5.74) is 5.07. The summed E-state index contributed by atoms with van der Waals surface area (Å²) in [4.78, 5) is 24.2. The highest BCUT2D eigenvalue weighted by molar-refractivity contribution is 7.13. The van der Waals surface area contributed by atoms with Crippen LogP contribution in [0.5, 0.6) is 0 Å². The molecule has 0 saturated heterocycles. The molecule has 1 aromatic rings. The van der Waals surface area contributed by atoms with E-state index in [9.17, 15) is 9.59 Å². The van der Waals surface area contributed by atoms with Gasteiger partial charge in [-0.2, -0.15) is 0 Å². The molecule has 0 spiro atoms. The molecule has 0 bridgehead atoms. The maximum absolute atomic E-state index is 10.6. The Morgan fingerprint density at radius 3 is 2.50 bits per heavy atom. The third-order valence-electron chi connectivity index (χ3n) is 0.949. The number of carbonyl (C=O) groups is 2. The first-order valence-electron chi connectivity index (χ1n) is 2.60. The predicted molar refractivity (Wildman–Crippen MR) is 45.7 cm³/mol. The fourth-order valence-corrected chi connectivity index (χ4v) is 1.04. The summed E-state index contributed by atoms with van der Waals surface area (Å²) in [7, 11) is 0. The smallest absolute Gasteiger partial charge is 0.378 e. The summed E-state index contributed by atoms with van der Waals surface area (Å²) in [6, 6.07) is 0. The van der Waals surface area contributed by atoms with E-state index in [2.05, 4.69) is 4.98 Å². The third-order valence-corrected chi connectivity index (χ3v) is 1.62. The number of aliphatic carboxylic acids is 1. The number of carbonyl (C=O) groups excluding carboxylic acids is 1. The molecule has 1 heterocycles. The molecule has 12 heavy (non-hydrogen) atoms. The molecule has 1 rings (SSSR count). The first-order valence-corrected chi connectivity index (χ1v) is 3.48. The van der Waals surface area contributed by atoms with E-state index in [1.807, 2.05) is 0 Å². The topological polar surface area (TPSA) is 93.3 Å². The van der Waals surface area contributed by atoms with Gasteiger partial charge in [0.05, 0.1) is 0 Å². The Balaban J connectivity index is 0.00000121. The van der Waals surface area contributed by atoms with Gasteiger partial charge in [0, 0.05) is 5.38 Å². The van der Waals surface area contributed by atoms with Crippen molar-refractivity contribution in [1.82, 2.24) is 4.98 Å². The zero-order valence-corrected chi connectivity index (χ0v) is 7.32. The number of halogens is 1. The Bertz CT molecular complexity index is 311. The van der Waals surface area contributed by atoms with E-state index in [0.29, 0.717) is 0 Å². The fraction of sp³-hybridized carbons (Fsp3) is 0. The van der Waals surface area contributed by atoms with Crippen LogP contribution in [0.2, 0.25) is 0 Å². The number of thiazole rings is 1. The van der Waals surface area contributed by atoms with Crippen molar-refractivity contribution in [3.63, 3.8) is 0 Å². The molecule has 0 atom stereocenters. The molecule has 0 radical (unpaired) electrons. The second kappa shape index (κ2) is 4.03. The van der Waals surface area contributed by atoms with E-state index in [-0.39, 0.29) is 23.2 Å². The zero-order chi connectivity index (χ0) is 8.43. The predicted octanol–water partition coefficient (Wildman–Crippen LogP) is 0.414. The van der Waals surface area contributed by atoms with Crippen molar-refractivity contribution < 1.29 is 14.7 Å². The Morgan fingerprint density at radius 2 is 2.17 bits per heavy atom. The Kier molecular flexibility index (Phi) is 3.65. The van der Waals surface area contributed by atoms with Crippen molar-refractivity contribution in [3.8, 4) is 0 Å². The monoisotopic (exact) mass is 208 g/mol. The van der Waals surface area contributed by atoms with Gasteiger partial charge in [-0.3, -0.25) is 4.79 Å². The zero-order valence-electron chi connectivity index (χ0n) is 5.68. The van der Waals surface area contributed by atoms with Gasteiger partial charge < -0.3 is 10.8 Å². The number of nitrogens with zero attached hydrogens (tertiary/aromatic N) is 1. The van der Waals surface area contributed by atoms with E-state index in [1.54, 1.807) is 0 Å². The van der Waals surface area contributed by atoms with Crippen LogP contribution in [0.25, 0.3) is 0 Å². The number of hydrogen-bond donors (Lipinski definition) is 2. The normalized spacial score (nSPS) is 8.67. The number of rotatable bonds is 2. The van der Waals surface area contributed by atoms with E-state index in [1.165, 1.54) is 5.38 Å². The number of ketones is 1. The van der Waals surface area contributed by atoms with Crippen LogP contribution in [0.4, 0.5) is 5.13 Å². The number of carboxylic acids is 1. The number of nitrogen functional groups attached to an aromatic ring is 1. The number of nitrogens with two attached hydrogens (primary N) is 1. The maximum atomic E-state index is 10.6. The van der Waals surface area contributed by atoms with Crippen LogP contribution in [-0.4, -0.2) is 21.8 Å². The number of aromatic nitrogens is 1. The number of anilines is 1. The van der Waals surface area contributed by atoms with Gasteiger partial charge in [0.15, 0.2) is 5.13 Å². The van der Waals surface area contributed by atoms with Crippen molar-refractivity contribution in [2.75, 3.05) is 5.73 Å². The average Bonchev–Trinajstić information content (AvgIpc) is 2.34. The molecular weight excluding hydrogens is 204 g/mol. The van der Waals surface area contributed by atoms with Gasteiger partial charge in [-0.05, 0) is 0 Å². The standard InChI is InChI=1S/C5H4N2O3S.ClH/c6-5-7-2(1-11-5)3(8)4(9)10;/h1H,(H2,6,7)(H,9,10);1H. The first kappa shape index (κ1) is 10.9. The van der Waals surface area contributed by atoms with Crippen LogP contribution in [0.15, 0.2) is 5.38 Å². The summed E-state index contributed by atoms with van der Waals surface area (Å²) < 4.78 is 0. The quantitative estimate of drug-likeness (QED) is 0.543. The minimum Gasteiger partial charge on any atom is -0.475 e. The number of carboxylic acid groups (broad SMARTS) is 1. The number of Topliss-reactive ketones (excluding diaryl/α,β-unsaturated/α-hetero) is 1. The minimum absolute atomic E-state index is 0. The Hall–Kier alpha value is -1.14.